The maximum absolute atomic E-state index is 14.4. The third kappa shape index (κ3) is 5.68. The molecule has 0 spiro atoms. The Labute approximate surface area is 185 Å². The van der Waals surface area contributed by atoms with Gasteiger partial charge in [-0.3, -0.25) is 4.79 Å². The lowest BCUT2D eigenvalue weighted by Crippen LogP contribution is -2.48. The highest BCUT2D eigenvalue weighted by atomic mass is 32.1. The van der Waals surface area contributed by atoms with Gasteiger partial charge >= 0.3 is 6.03 Å². The van der Waals surface area contributed by atoms with Crippen LogP contribution in [0.1, 0.15) is 36.8 Å². The first-order valence-corrected chi connectivity index (χ1v) is 11.0. The highest BCUT2D eigenvalue weighted by Crippen LogP contribution is 2.35. The fraction of sp³-hybridized carbons (Fsp3) is 0.409. The summed E-state index contributed by atoms with van der Waals surface area (Å²) in [4.78, 5) is 28.2. The van der Waals surface area contributed by atoms with Gasteiger partial charge in [-0.15, -0.1) is 11.3 Å². The average molecular weight is 447 g/mol. The molecule has 31 heavy (non-hydrogen) atoms. The van der Waals surface area contributed by atoms with Crippen LogP contribution in [0, 0.1) is 5.82 Å². The van der Waals surface area contributed by atoms with Gasteiger partial charge in [0.15, 0.2) is 0 Å². The van der Waals surface area contributed by atoms with Crippen LogP contribution in [0.3, 0.4) is 0 Å². The molecule has 1 aromatic heterocycles. The molecule has 7 nitrogen and oxygen atoms in total. The largest absolute Gasteiger partial charge is 0.383 e. The zero-order valence-electron chi connectivity index (χ0n) is 17.9. The highest BCUT2D eigenvalue weighted by molar-refractivity contribution is 7.10. The van der Waals surface area contributed by atoms with Crippen LogP contribution in [0.4, 0.5) is 9.18 Å². The van der Waals surface area contributed by atoms with Crippen molar-refractivity contribution in [1.82, 2.24) is 15.2 Å². The molecule has 9 heteroatoms. The molecule has 2 heterocycles. The van der Waals surface area contributed by atoms with E-state index in [2.05, 4.69) is 10.4 Å². The minimum absolute atomic E-state index is 0.0658. The second kappa shape index (κ2) is 10.5. The average Bonchev–Trinajstić information content (AvgIpc) is 3.40. The monoisotopic (exact) mass is 446 g/mol. The Morgan fingerprint density at radius 1 is 1.32 bits per heavy atom. The number of hydrazone groups is 1. The molecule has 0 fully saturated rings. The Bertz CT molecular complexity index is 933. The van der Waals surface area contributed by atoms with Gasteiger partial charge in [0.1, 0.15) is 12.4 Å². The first-order chi connectivity index (χ1) is 14.9. The number of thiophene rings is 1. The van der Waals surface area contributed by atoms with Crippen molar-refractivity contribution < 1.29 is 18.7 Å². The summed E-state index contributed by atoms with van der Waals surface area (Å²) in [5.74, 6) is -0.710. The summed E-state index contributed by atoms with van der Waals surface area (Å²) in [6.07, 6.45) is 0.406. The van der Waals surface area contributed by atoms with E-state index in [9.17, 15) is 14.0 Å². The van der Waals surface area contributed by atoms with Gasteiger partial charge in [-0.05, 0) is 31.4 Å². The van der Waals surface area contributed by atoms with Crippen molar-refractivity contribution in [2.24, 2.45) is 5.10 Å². The summed E-state index contributed by atoms with van der Waals surface area (Å²) in [7, 11) is 1.54. The standard InChI is InChI=1S/C22H27FN4O3S/c1-15(2)24-22(29)26(10-11-30-3)14-21(28)27-19(20-9-6-12-31-20)13-18(25-27)16-7-4-5-8-17(16)23/h4-9,12,15,19H,10-11,13-14H2,1-3H3,(H,24,29)/t19-/m1/s1. The van der Waals surface area contributed by atoms with E-state index in [1.54, 1.807) is 25.3 Å². The van der Waals surface area contributed by atoms with E-state index in [4.69, 9.17) is 4.74 Å². The first kappa shape index (κ1) is 22.9. The Hall–Kier alpha value is -2.78. The van der Waals surface area contributed by atoms with Gasteiger partial charge in [-0.25, -0.2) is 14.2 Å². The van der Waals surface area contributed by atoms with Crippen LogP contribution in [0.15, 0.2) is 46.9 Å². The number of nitrogens with zero attached hydrogens (tertiary/aromatic N) is 3. The number of rotatable bonds is 8. The maximum Gasteiger partial charge on any atom is 0.318 e. The summed E-state index contributed by atoms with van der Waals surface area (Å²) >= 11 is 1.52. The Morgan fingerprint density at radius 2 is 2.10 bits per heavy atom. The van der Waals surface area contributed by atoms with E-state index in [0.717, 1.165) is 4.88 Å². The number of amides is 3. The topological polar surface area (TPSA) is 74.2 Å². The molecule has 0 saturated heterocycles. The van der Waals surface area contributed by atoms with Crippen molar-refractivity contribution in [3.63, 3.8) is 0 Å². The number of hydrogen-bond donors (Lipinski definition) is 1. The van der Waals surface area contributed by atoms with Crippen LogP contribution >= 0.6 is 11.3 Å². The normalized spacial score (nSPS) is 15.8. The van der Waals surface area contributed by atoms with E-state index in [-0.39, 0.29) is 42.9 Å². The molecule has 1 aliphatic rings. The zero-order chi connectivity index (χ0) is 22.4. The van der Waals surface area contributed by atoms with Crippen LogP contribution in [-0.4, -0.2) is 60.4 Å². The second-order valence-corrected chi connectivity index (χ2v) is 8.50. The molecule has 0 unspecified atom stereocenters. The molecule has 166 valence electrons. The lowest BCUT2D eigenvalue weighted by Gasteiger charge is -2.27. The predicted octanol–water partition coefficient (Wildman–Crippen LogP) is 3.63. The molecular formula is C22H27FN4O3S. The lowest BCUT2D eigenvalue weighted by molar-refractivity contribution is -0.133. The Kier molecular flexibility index (Phi) is 7.75. The SMILES string of the molecule is COCCN(CC(=O)N1N=C(c2ccccc2F)C[C@@H]1c1cccs1)C(=O)NC(C)C. The first-order valence-electron chi connectivity index (χ1n) is 10.1. The van der Waals surface area contributed by atoms with E-state index in [1.807, 2.05) is 31.4 Å². The summed E-state index contributed by atoms with van der Waals surface area (Å²) in [6.45, 7) is 4.12. The molecule has 1 aromatic carbocycles. The number of urea groups is 1. The van der Waals surface area contributed by atoms with Gasteiger partial charge in [-0.1, -0.05) is 24.3 Å². The highest BCUT2D eigenvalue weighted by Gasteiger charge is 2.35. The third-order valence-electron chi connectivity index (χ3n) is 4.81. The molecule has 0 aliphatic carbocycles. The Balaban J connectivity index is 1.85. The smallest absolute Gasteiger partial charge is 0.318 e. The minimum Gasteiger partial charge on any atom is -0.383 e. The van der Waals surface area contributed by atoms with Crippen molar-refractivity contribution in [2.45, 2.75) is 32.4 Å². The van der Waals surface area contributed by atoms with E-state index in [1.165, 1.54) is 27.3 Å². The predicted molar refractivity (Wildman–Crippen MR) is 119 cm³/mol. The van der Waals surface area contributed by atoms with E-state index < -0.39 is 0 Å². The quantitative estimate of drug-likeness (QED) is 0.673. The van der Waals surface area contributed by atoms with Crippen molar-refractivity contribution >= 4 is 29.0 Å². The molecule has 0 bridgehead atoms. The fourth-order valence-corrected chi connectivity index (χ4v) is 4.14. The van der Waals surface area contributed by atoms with Crippen LogP contribution < -0.4 is 5.32 Å². The molecule has 0 radical (unpaired) electrons. The van der Waals surface area contributed by atoms with Crippen LogP contribution in [0.2, 0.25) is 0 Å². The van der Waals surface area contributed by atoms with Gasteiger partial charge in [-0.2, -0.15) is 5.10 Å². The number of nitrogens with one attached hydrogen (secondary N) is 1. The fourth-order valence-electron chi connectivity index (χ4n) is 3.33. The number of methoxy groups -OCH3 is 1. The molecule has 1 aliphatic heterocycles. The number of carbonyl (C=O) groups excluding carboxylic acids is 2. The number of benzene rings is 1. The second-order valence-electron chi connectivity index (χ2n) is 7.52. The molecular weight excluding hydrogens is 419 g/mol. The van der Waals surface area contributed by atoms with Crippen molar-refractivity contribution in [2.75, 3.05) is 26.8 Å². The molecule has 3 amide bonds. The lowest BCUT2D eigenvalue weighted by atomic mass is 10.0. The van der Waals surface area contributed by atoms with Gasteiger partial charge in [0, 0.05) is 36.6 Å². The van der Waals surface area contributed by atoms with Gasteiger partial charge in [0.05, 0.1) is 18.4 Å². The third-order valence-corrected chi connectivity index (χ3v) is 5.79. The Morgan fingerprint density at radius 3 is 2.74 bits per heavy atom. The van der Waals surface area contributed by atoms with Crippen molar-refractivity contribution in [3.05, 3.63) is 58.0 Å². The molecule has 0 saturated carbocycles. The van der Waals surface area contributed by atoms with Gasteiger partial charge in [0.25, 0.3) is 5.91 Å². The van der Waals surface area contributed by atoms with Gasteiger partial charge in [0.2, 0.25) is 0 Å². The molecule has 2 aromatic rings. The van der Waals surface area contributed by atoms with Crippen molar-refractivity contribution in [3.8, 4) is 0 Å². The number of hydrogen-bond acceptors (Lipinski definition) is 5. The van der Waals surface area contributed by atoms with Crippen molar-refractivity contribution in [1.29, 1.82) is 0 Å². The molecule has 1 N–H and O–H groups in total. The van der Waals surface area contributed by atoms with Crippen LogP contribution in [-0.2, 0) is 9.53 Å². The van der Waals surface area contributed by atoms with E-state index >= 15 is 0 Å². The minimum atomic E-state index is -0.376. The summed E-state index contributed by atoms with van der Waals surface area (Å²) in [5, 5.41) is 10.6. The number of halogens is 1. The summed E-state index contributed by atoms with van der Waals surface area (Å²) in [6, 6.07) is 9.51. The summed E-state index contributed by atoms with van der Waals surface area (Å²) in [5.41, 5.74) is 0.896. The molecule has 1 atom stereocenters. The van der Waals surface area contributed by atoms with Crippen LogP contribution in [0.5, 0.6) is 0 Å². The maximum atomic E-state index is 14.4. The number of carbonyl (C=O) groups is 2. The van der Waals surface area contributed by atoms with E-state index in [0.29, 0.717) is 24.3 Å². The molecule has 3 rings (SSSR count). The van der Waals surface area contributed by atoms with Gasteiger partial charge < -0.3 is 15.0 Å². The number of ether oxygens (including phenoxy) is 1. The zero-order valence-corrected chi connectivity index (χ0v) is 18.7. The van der Waals surface area contributed by atoms with Crippen LogP contribution in [0.25, 0.3) is 0 Å². The summed E-state index contributed by atoms with van der Waals surface area (Å²) < 4.78 is 19.4.